The van der Waals surface area contributed by atoms with Gasteiger partial charge in [0.2, 0.25) is 0 Å². The molecule has 0 amide bonds. The van der Waals surface area contributed by atoms with Gasteiger partial charge in [0.25, 0.3) is 0 Å². The average Bonchev–Trinajstić information content (AvgIpc) is 2.84. The highest BCUT2D eigenvalue weighted by atomic mass is 35.5. The molecule has 0 bridgehead atoms. The van der Waals surface area contributed by atoms with Crippen LogP contribution in [0.5, 0.6) is 0 Å². The number of nitrogens with one attached hydrogen (secondary N) is 1. The van der Waals surface area contributed by atoms with Gasteiger partial charge in [-0.1, -0.05) is 29.8 Å². The first-order valence-corrected chi connectivity index (χ1v) is 7.32. The van der Waals surface area contributed by atoms with E-state index in [9.17, 15) is 0 Å². The van der Waals surface area contributed by atoms with Crippen LogP contribution in [0.2, 0.25) is 5.02 Å². The van der Waals surface area contributed by atoms with E-state index in [0.29, 0.717) is 10.6 Å². The monoisotopic (exact) mass is 286 g/mol. The maximum atomic E-state index is 9.00. The molecule has 1 N–H and O–H groups in total. The summed E-state index contributed by atoms with van der Waals surface area (Å²) in [4.78, 5) is 1.33. The van der Waals surface area contributed by atoms with Gasteiger partial charge in [0, 0.05) is 16.3 Å². The van der Waals surface area contributed by atoms with Crippen molar-refractivity contribution in [2.75, 3.05) is 11.1 Å². The van der Waals surface area contributed by atoms with E-state index in [1.807, 2.05) is 17.8 Å². The molecule has 2 nitrogen and oxygen atoms in total. The third kappa shape index (κ3) is 2.42. The van der Waals surface area contributed by atoms with Gasteiger partial charge in [-0.15, -0.1) is 11.8 Å². The topological polar surface area (TPSA) is 35.8 Å². The zero-order valence-corrected chi connectivity index (χ0v) is 11.6. The highest BCUT2D eigenvalue weighted by Gasteiger charge is 2.22. The van der Waals surface area contributed by atoms with E-state index < -0.39 is 0 Å². The fourth-order valence-corrected chi connectivity index (χ4v) is 3.50. The molecule has 2 aromatic carbocycles. The molecule has 19 heavy (non-hydrogen) atoms. The summed E-state index contributed by atoms with van der Waals surface area (Å²) in [5, 5.41) is 13.0. The summed E-state index contributed by atoms with van der Waals surface area (Å²) in [5.41, 5.74) is 2.76. The first-order chi connectivity index (χ1) is 9.28. The molecule has 1 heterocycles. The average molecular weight is 287 g/mol. The van der Waals surface area contributed by atoms with Gasteiger partial charge < -0.3 is 5.32 Å². The van der Waals surface area contributed by atoms with E-state index in [1.165, 1.54) is 10.5 Å². The van der Waals surface area contributed by atoms with E-state index in [0.717, 1.165) is 11.4 Å². The van der Waals surface area contributed by atoms with Crippen molar-refractivity contribution < 1.29 is 0 Å². The zero-order valence-electron chi connectivity index (χ0n) is 10.1. The Kier molecular flexibility index (Phi) is 3.37. The number of rotatable bonds is 2. The summed E-state index contributed by atoms with van der Waals surface area (Å²) >= 11 is 7.79. The molecule has 1 aliphatic heterocycles. The van der Waals surface area contributed by atoms with Crippen LogP contribution in [0.15, 0.2) is 47.4 Å². The molecule has 0 spiro atoms. The summed E-state index contributed by atoms with van der Waals surface area (Å²) < 4.78 is 0. The van der Waals surface area contributed by atoms with Crippen molar-refractivity contribution in [3.63, 3.8) is 0 Å². The molecule has 0 saturated carbocycles. The van der Waals surface area contributed by atoms with Gasteiger partial charge in [0.05, 0.1) is 16.6 Å². The minimum atomic E-state index is 0.286. The quantitative estimate of drug-likeness (QED) is 0.885. The molecule has 3 rings (SSSR count). The van der Waals surface area contributed by atoms with Gasteiger partial charge >= 0.3 is 0 Å². The van der Waals surface area contributed by atoms with E-state index in [-0.39, 0.29) is 6.04 Å². The van der Waals surface area contributed by atoms with Gasteiger partial charge in [0.15, 0.2) is 0 Å². The molecule has 2 aromatic rings. The molecule has 0 radical (unpaired) electrons. The number of fused-ring (bicyclic) bond motifs is 1. The molecule has 1 unspecified atom stereocenters. The van der Waals surface area contributed by atoms with Crippen molar-refractivity contribution in [2.24, 2.45) is 0 Å². The number of nitriles is 1. The molecule has 0 saturated heterocycles. The molecule has 1 aliphatic rings. The summed E-state index contributed by atoms with van der Waals surface area (Å²) in [6, 6.07) is 16.3. The number of thioether (sulfide) groups is 1. The first kappa shape index (κ1) is 12.4. The number of hydrogen-bond acceptors (Lipinski definition) is 3. The Morgan fingerprint density at radius 1 is 1.26 bits per heavy atom. The van der Waals surface area contributed by atoms with Crippen LogP contribution in [-0.2, 0) is 0 Å². The summed E-state index contributed by atoms with van der Waals surface area (Å²) in [5.74, 6) is 1.00. The van der Waals surface area contributed by atoms with E-state index in [1.54, 1.807) is 12.1 Å². The fourth-order valence-electron chi connectivity index (χ4n) is 2.18. The highest BCUT2D eigenvalue weighted by Crippen LogP contribution is 2.39. The number of hydrogen-bond donors (Lipinski definition) is 1. The molecule has 94 valence electrons. The van der Waals surface area contributed by atoms with Crippen LogP contribution in [0.3, 0.4) is 0 Å². The molecular weight excluding hydrogens is 276 g/mol. The smallest absolute Gasteiger partial charge is 0.101 e. The maximum Gasteiger partial charge on any atom is 0.101 e. The van der Waals surface area contributed by atoms with Crippen LogP contribution in [0.25, 0.3) is 0 Å². The Bertz CT molecular complexity index is 663. The zero-order chi connectivity index (χ0) is 13.2. The Balaban J connectivity index is 1.86. The van der Waals surface area contributed by atoms with Crippen molar-refractivity contribution in [1.82, 2.24) is 0 Å². The predicted molar refractivity (Wildman–Crippen MR) is 79.7 cm³/mol. The Morgan fingerprint density at radius 3 is 2.95 bits per heavy atom. The van der Waals surface area contributed by atoms with Crippen molar-refractivity contribution in [1.29, 1.82) is 5.26 Å². The second kappa shape index (κ2) is 5.16. The lowest BCUT2D eigenvalue weighted by Gasteiger charge is -2.15. The van der Waals surface area contributed by atoms with Crippen LogP contribution in [-0.4, -0.2) is 5.75 Å². The van der Waals surface area contributed by atoms with Gasteiger partial charge in [-0.2, -0.15) is 5.26 Å². The number of nitrogens with zero attached hydrogens (tertiary/aromatic N) is 1. The third-order valence-corrected chi connectivity index (χ3v) is 4.64. The first-order valence-electron chi connectivity index (χ1n) is 5.96. The van der Waals surface area contributed by atoms with E-state index >= 15 is 0 Å². The largest absolute Gasteiger partial charge is 0.377 e. The molecule has 0 aromatic heterocycles. The lowest BCUT2D eigenvalue weighted by molar-refractivity contribution is 0.900. The SMILES string of the molecule is N#Cc1cc(NC2CSc3ccccc32)ccc1Cl. The molecule has 4 heteroatoms. The summed E-state index contributed by atoms with van der Waals surface area (Å²) in [7, 11) is 0. The normalized spacial score (nSPS) is 16.7. The fraction of sp³-hybridized carbons (Fsp3) is 0.133. The van der Waals surface area contributed by atoms with Crippen LogP contribution in [0, 0.1) is 11.3 Å². The van der Waals surface area contributed by atoms with Gasteiger partial charge in [-0.05, 0) is 29.8 Å². The highest BCUT2D eigenvalue weighted by molar-refractivity contribution is 7.99. The van der Waals surface area contributed by atoms with Crippen molar-refractivity contribution >= 4 is 29.1 Å². The predicted octanol–water partition coefficient (Wildman–Crippen LogP) is 4.47. The van der Waals surface area contributed by atoms with Crippen LogP contribution in [0.4, 0.5) is 5.69 Å². The lowest BCUT2D eigenvalue weighted by atomic mass is 10.1. The van der Waals surface area contributed by atoms with E-state index in [4.69, 9.17) is 16.9 Å². The molecule has 0 aliphatic carbocycles. The number of anilines is 1. The second-order valence-corrected chi connectivity index (χ2v) is 5.82. The van der Waals surface area contributed by atoms with Crippen molar-refractivity contribution in [3.8, 4) is 6.07 Å². The lowest BCUT2D eigenvalue weighted by Crippen LogP contribution is -2.09. The molecular formula is C15H11ClN2S. The summed E-state index contributed by atoms with van der Waals surface area (Å²) in [6.07, 6.45) is 0. The maximum absolute atomic E-state index is 9.00. The molecule has 1 atom stereocenters. The van der Waals surface area contributed by atoms with Gasteiger partial charge in [-0.25, -0.2) is 0 Å². The van der Waals surface area contributed by atoms with Crippen molar-refractivity contribution in [2.45, 2.75) is 10.9 Å². The standard InChI is InChI=1S/C15H11ClN2S/c16-13-6-5-11(7-10(13)8-17)18-14-9-19-15-4-2-1-3-12(14)15/h1-7,14,18H,9H2. The Morgan fingerprint density at radius 2 is 2.11 bits per heavy atom. The van der Waals surface area contributed by atoms with Crippen LogP contribution >= 0.6 is 23.4 Å². The Hall–Kier alpha value is -1.63. The summed E-state index contributed by atoms with van der Waals surface area (Å²) in [6.45, 7) is 0. The van der Waals surface area contributed by atoms with Gasteiger partial charge in [-0.3, -0.25) is 0 Å². The van der Waals surface area contributed by atoms with Crippen LogP contribution < -0.4 is 5.32 Å². The Labute approximate surface area is 121 Å². The third-order valence-electron chi connectivity index (χ3n) is 3.13. The minimum Gasteiger partial charge on any atom is -0.377 e. The number of halogens is 1. The molecule has 0 fully saturated rings. The van der Waals surface area contributed by atoms with Crippen LogP contribution in [0.1, 0.15) is 17.2 Å². The van der Waals surface area contributed by atoms with E-state index in [2.05, 4.69) is 35.7 Å². The second-order valence-electron chi connectivity index (χ2n) is 4.35. The minimum absolute atomic E-state index is 0.286. The van der Waals surface area contributed by atoms with Crippen molar-refractivity contribution in [3.05, 3.63) is 58.6 Å². The number of benzene rings is 2. The van der Waals surface area contributed by atoms with Gasteiger partial charge in [0.1, 0.15) is 6.07 Å².